The van der Waals surface area contributed by atoms with Crippen molar-refractivity contribution in [3.05, 3.63) is 24.3 Å². The number of ether oxygens (including phenoxy) is 2. The molecule has 1 heterocycles. The van der Waals surface area contributed by atoms with Crippen molar-refractivity contribution in [2.75, 3.05) is 20.2 Å². The molecule has 1 saturated heterocycles. The average molecular weight is 291 g/mol. The van der Waals surface area contributed by atoms with E-state index < -0.39 is 6.10 Å². The fourth-order valence-corrected chi connectivity index (χ4v) is 2.67. The third-order valence-electron chi connectivity index (χ3n) is 3.90. The molecule has 0 aliphatic carbocycles. The van der Waals surface area contributed by atoms with Crippen molar-refractivity contribution in [1.82, 2.24) is 4.90 Å². The van der Waals surface area contributed by atoms with Crippen LogP contribution in [0.15, 0.2) is 24.3 Å². The SMILES string of the molecule is CC[C@H](Oc1ccccc1OC)C(=O)N1CCCCCC1. The lowest BCUT2D eigenvalue weighted by molar-refractivity contribution is -0.138. The van der Waals surface area contributed by atoms with Crippen molar-refractivity contribution >= 4 is 5.91 Å². The first-order chi connectivity index (χ1) is 10.3. The second-order valence-corrected chi connectivity index (χ2v) is 5.41. The van der Waals surface area contributed by atoms with E-state index in [1.807, 2.05) is 36.1 Å². The molecule has 1 aromatic carbocycles. The van der Waals surface area contributed by atoms with E-state index in [0.29, 0.717) is 17.9 Å². The lowest BCUT2D eigenvalue weighted by atomic mass is 10.2. The molecule has 1 aliphatic rings. The van der Waals surface area contributed by atoms with Gasteiger partial charge in [0, 0.05) is 13.1 Å². The van der Waals surface area contributed by atoms with Gasteiger partial charge in [0.15, 0.2) is 17.6 Å². The van der Waals surface area contributed by atoms with Crippen LogP contribution in [0.5, 0.6) is 11.5 Å². The van der Waals surface area contributed by atoms with E-state index in [2.05, 4.69) is 0 Å². The van der Waals surface area contributed by atoms with Gasteiger partial charge < -0.3 is 14.4 Å². The van der Waals surface area contributed by atoms with Crippen molar-refractivity contribution < 1.29 is 14.3 Å². The van der Waals surface area contributed by atoms with Gasteiger partial charge in [-0.1, -0.05) is 31.9 Å². The Morgan fingerprint density at radius 3 is 2.33 bits per heavy atom. The highest BCUT2D eigenvalue weighted by molar-refractivity contribution is 5.81. The summed E-state index contributed by atoms with van der Waals surface area (Å²) in [5, 5.41) is 0. The van der Waals surface area contributed by atoms with Crippen LogP contribution in [-0.2, 0) is 4.79 Å². The van der Waals surface area contributed by atoms with Gasteiger partial charge in [-0.05, 0) is 31.4 Å². The number of para-hydroxylation sites is 2. The molecule has 0 spiro atoms. The minimum absolute atomic E-state index is 0.102. The molecule has 0 N–H and O–H groups in total. The number of likely N-dealkylation sites (tertiary alicyclic amines) is 1. The van der Waals surface area contributed by atoms with Crippen LogP contribution in [0, 0.1) is 0 Å². The first-order valence-corrected chi connectivity index (χ1v) is 7.84. The van der Waals surface area contributed by atoms with Crippen LogP contribution < -0.4 is 9.47 Å². The smallest absolute Gasteiger partial charge is 0.263 e. The third kappa shape index (κ3) is 4.13. The van der Waals surface area contributed by atoms with Crippen LogP contribution in [-0.4, -0.2) is 37.1 Å². The van der Waals surface area contributed by atoms with Gasteiger partial charge >= 0.3 is 0 Å². The largest absolute Gasteiger partial charge is 0.493 e. The van der Waals surface area contributed by atoms with E-state index >= 15 is 0 Å². The van der Waals surface area contributed by atoms with Crippen LogP contribution >= 0.6 is 0 Å². The van der Waals surface area contributed by atoms with Crippen molar-refractivity contribution in [2.45, 2.75) is 45.1 Å². The summed E-state index contributed by atoms with van der Waals surface area (Å²) < 4.78 is 11.2. The maximum Gasteiger partial charge on any atom is 0.263 e. The van der Waals surface area contributed by atoms with Gasteiger partial charge in [0.2, 0.25) is 0 Å². The molecule has 1 aromatic rings. The Hall–Kier alpha value is -1.71. The van der Waals surface area contributed by atoms with Gasteiger partial charge in [-0.15, -0.1) is 0 Å². The number of benzene rings is 1. The summed E-state index contributed by atoms with van der Waals surface area (Å²) in [5.74, 6) is 1.40. The molecule has 1 fully saturated rings. The number of nitrogens with zero attached hydrogens (tertiary/aromatic N) is 1. The number of methoxy groups -OCH3 is 1. The molecule has 21 heavy (non-hydrogen) atoms. The fourth-order valence-electron chi connectivity index (χ4n) is 2.67. The van der Waals surface area contributed by atoms with Gasteiger partial charge in [-0.3, -0.25) is 4.79 Å². The van der Waals surface area contributed by atoms with Crippen molar-refractivity contribution in [2.24, 2.45) is 0 Å². The fraction of sp³-hybridized carbons (Fsp3) is 0.588. The highest BCUT2D eigenvalue weighted by Crippen LogP contribution is 2.28. The summed E-state index contributed by atoms with van der Waals surface area (Å²) in [6.45, 7) is 3.69. The zero-order valence-electron chi connectivity index (χ0n) is 13.0. The van der Waals surface area contributed by atoms with Crippen LogP contribution in [0.4, 0.5) is 0 Å². The van der Waals surface area contributed by atoms with E-state index in [9.17, 15) is 4.79 Å². The molecule has 116 valence electrons. The van der Waals surface area contributed by atoms with E-state index in [-0.39, 0.29) is 5.91 Å². The molecule has 4 heteroatoms. The first-order valence-electron chi connectivity index (χ1n) is 7.84. The van der Waals surface area contributed by atoms with Crippen LogP contribution in [0.3, 0.4) is 0 Å². The minimum Gasteiger partial charge on any atom is -0.493 e. The number of hydrogen-bond donors (Lipinski definition) is 0. The molecule has 4 nitrogen and oxygen atoms in total. The Balaban J connectivity index is 2.06. The molecule has 1 atom stereocenters. The third-order valence-corrected chi connectivity index (χ3v) is 3.90. The van der Waals surface area contributed by atoms with Gasteiger partial charge in [0.1, 0.15) is 0 Å². The maximum atomic E-state index is 12.6. The number of hydrogen-bond acceptors (Lipinski definition) is 3. The number of carbonyl (C=O) groups excluding carboxylic acids is 1. The van der Waals surface area contributed by atoms with Crippen molar-refractivity contribution in [1.29, 1.82) is 0 Å². The molecular formula is C17H25NO3. The molecule has 0 saturated carbocycles. The monoisotopic (exact) mass is 291 g/mol. The van der Waals surface area contributed by atoms with E-state index in [1.165, 1.54) is 12.8 Å². The van der Waals surface area contributed by atoms with E-state index in [0.717, 1.165) is 25.9 Å². The summed E-state index contributed by atoms with van der Waals surface area (Å²) in [7, 11) is 1.61. The lowest BCUT2D eigenvalue weighted by Gasteiger charge is -2.26. The normalized spacial score (nSPS) is 17.0. The first kappa shape index (κ1) is 15.7. The van der Waals surface area contributed by atoms with Crippen LogP contribution in [0.2, 0.25) is 0 Å². The number of carbonyl (C=O) groups is 1. The second-order valence-electron chi connectivity index (χ2n) is 5.41. The summed E-state index contributed by atoms with van der Waals surface area (Å²) in [6.07, 6.45) is 4.85. The van der Waals surface area contributed by atoms with Gasteiger partial charge in [-0.25, -0.2) is 0 Å². The molecule has 0 bridgehead atoms. The van der Waals surface area contributed by atoms with Crippen molar-refractivity contribution in [3.8, 4) is 11.5 Å². The summed E-state index contributed by atoms with van der Waals surface area (Å²) >= 11 is 0. The number of amides is 1. The zero-order chi connectivity index (χ0) is 15.1. The van der Waals surface area contributed by atoms with Crippen LogP contribution in [0.1, 0.15) is 39.0 Å². The van der Waals surface area contributed by atoms with Crippen molar-refractivity contribution in [3.63, 3.8) is 0 Å². The zero-order valence-corrected chi connectivity index (χ0v) is 13.0. The van der Waals surface area contributed by atoms with E-state index in [4.69, 9.17) is 9.47 Å². The Bertz CT molecular complexity index is 453. The predicted octanol–water partition coefficient (Wildman–Crippen LogP) is 3.26. The Kier molecular flexibility index (Phi) is 5.90. The summed E-state index contributed by atoms with van der Waals surface area (Å²) in [6, 6.07) is 7.47. The summed E-state index contributed by atoms with van der Waals surface area (Å²) in [4.78, 5) is 14.6. The predicted molar refractivity (Wildman–Crippen MR) is 82.7 cm³/mol. The minimum atomic E-state index is -0.431. The topological polar surface area (TPSA) is 38.8 Å². The maximum absolute atomic E-state index is 12.6. The Labute approximate surface area is 127 Å². The highest BCUT2D eigenvalue weighted by atomic mass is 16.5. The molecular weight excluding hydrogens is 266 g/mol. The Morgan fingerprint density at radius 2 is 1.76 bits per heavy atom. The van der Waals surface area contributed by atoms with Gasteiger partial charge in [-0.2, -0.15) is 0 Å². The van der Waals surface area contributed by atoms with Gasteiger partial charge in [0.25, 0.3) is 5.91 Å². The molecule has 2 rings (SSSR count). The quantitative estimate of drug-likeness (QED) is 0.836. The van der Waals surface area contributed by atoms with Crippen LogP contribution in [0.25, 0.3) is 0 Å². The summed E-state index contributed by atoms with van der Waals surface area (Å²) in [5.41, 5.74) is 0. The second kappa shape index (κ2) is 7.91. The molecule has 0 unspecified atom stereocenters. The molecule has 1 aliphatic heterocycles. The molecule has 1 amide bonds. The molecule has 0 aromatic heterocycles. The number of rotatable bonds is 5. The van der Waals surface area contributed by atoms with Gasteiger partial charge in [0.05, 0.1) is 7.11 Å². The average Bonchev–Trinajstić information content (AvgIpc) is 2.81. The highest BCUT2D eigenvalue weighted by Gasteiger charge is 2.25. The molecule has 0 radical (unpaired) electrons. The lowest BCUT2D eigenvalue weighted by Crippen LogP contribution is -2.42. The van der Waals surface area contributed by atoms with E-state index in [1.54, 1.807) is 7.11 Å². The standard InChI is InChI=1S/C17H25NO3/c1-3-14(17(19)18-12-8-4-5-9-13-18)21-16-11-7-6-10-15(16)20-2/h6-7,10-11,14H,3-5,8-9,12-13H2,1-2H3/t14-/m0/s1. The Morgan fingerprint density at radius 1 is 1.14 bits per heavy atom.